The van der Waals surface area contributed by atoms with Crippen LogP contribution in [-0.2, 0) is 4.74 Å². The monoisotopic (exact) mass is 251 g/mol. The van der Waals surface area contributed by atoms with E-state index in [4.69, 9.17) is 4.74 Å². The van der Waals surface area contributed by atoms with E-state index in [2.05, 4.69) is 43.4 Å². The quantitative estimate of drug-likeness (QED) is 0.838. The van der Waals surface area contributed by atoms with Gasteiger partial charge in [-0.3, -0.25) is 0 Å². The highest BCUT2D eigenvalue weighted by molar-refractivity contribution is 8.00. The standard InChI is InChI=1S/C14H21NOS/c1-3-8-15-11(2)12-4-6-13(7-5-12)17-14-9-16-10-14/h4-7,11,14-15H,3,8-10H2,1-2H3. The molecule has 17 heavy (non-hydrogen) atoms. The fourth-order valence-electron chi connectivity index (χ4n) is 1.79. The first-order valence-electron chi connectivity index (χ1n) is 6.37. The number of hydrogen-bond donors (Lipinski definition) is 1. The van der Waals surface area contributed by atoms with Crippen LogP contribution in [0.4, 0.5) is 0 Å². The third kappa shape index (κ3) is 3.73. The van der Waals surface area contributed by atoms with Gasteiger partial charge in [-0.1, -0.05) is 19.1 Å². The summed E-state index contributed by atoms with van der Waals surface area (Å²) in [5, 5.41) is 4.17. The molecule has 0 saturated carbocycles. The molecule has 0 spiro atoms. The van der Waals surface area contributed by atoms with Crippen LogP contribution < -0.4 is 5.32 Å². The lowest BCUT2D eigenvalue weighted by molar-refractivity contribution is 0.0455. The first-order valence-corrected chi connectivity index (χ1v) is 7.25. The maximum atomic E-state index is 5.18. The topological polar surface area (TPSA) is 21.3 Å². The van der Waals surface area contributed by atoms with Crippen LogP contribution in [0.1, 0.15) is 31.9 Å². The van der Waals surface area contributed by atoms with Gasteiger partial charge < -0.3 is 10.1 Å². The highest BCUT2D eigenvalue weighted by Crippen LogP contribution is 2.28. The van der Waals surface area contributed by atoms with Crippen molar-refractivity contribution in [2.45, 2.75) is 36.5 Å². The average Bonchev–Trinajstić information content (AvgIpc) is 2.31. The fraction of sp³-hybridized carbons (Fsp3) is 0.571. The van der Waals surface area contributed by atoms with E-state index in [1.54, 1.807) is 0 Å². The number of ether oxygens (including phenoxy) is 1. The Balaban J connectivity index is 1.87. The summed E-state index contributed by atoms with van der Waals surface area (Å²) in [5.74, 6) is 0. The summed E-state index contributed by atoms with van der Waals surface area (Å²) in [4.78, 5) is 1.35. The van der Waals surface area contributed by atoms with E-state index in [1.165, 1.54) is 16.9 Å². The minimum absolute atomic E-state index is 0.445. The maximum Gasteiger partial charge on any atom is 0.0611 e. The van der Waals surface area contributed by atoms with Crippen molar-refractivity contribution in [3.63, 3.8) is 0 Å². The van der Waals surface area contributed by atoms with E-state index in [9.17, 15) is 0 Å². The Labute approximate surface area is 108 Å². The van der Waals surface area contributed by atoms with Crippen LogP contribution in [-0.4, -0.2) is 25.0 Å². The van der Waals surface area contributed by atoms with Gasteiger partial charge in [0.05, 0.1) is 18.5 Å². The van der Waals surface area contributed by atoms with Gasteiger partial charge in [-0.25, -0.2) is 0 Å². The molecule has 1 heterocycles. The molecule has 0 bridgehead atoms. The molecule has 1 aliphatic heterocycles. The van der Waals surface area contributed by atoms with E-state index in [0.29, 0.717) is 11.3 Å². The first kappa shape index (κ1) is 12.9. The zero-order valence-corrected chi connectivity index (χ0v) is 11.4. The third-order valence-electron chi connectivity index (χ3n) is 2.99. The summed E-state index contributed by atoms with van der Waals surface area (Å²) in [6, 6.07) is 9.36. The molecule has 1 aromatic carbocycles. The number of thioether (sulfide) groups is 1. The predicted molar refractivity (Wildman–Crippen MR) is 73.6 cm³/mol. The Morgan fingerprint density at radius 3 is 2.59 bits per heavy atom. The van der Waals surface area contributed by atoms with Crippen molar-refractivity contribution < 1.29 is 4.74 Å². The zero-order valence-electron chi connectivity index (χ0n) is 10.6. The number of rotatable bonds is 6. The number of nitrogens with one attached hydrogen (secondary N) is 1. The minimum atomic E-state index is 0.445. The Morgan fingerprint density at radius 1 is 1.35 bits per heavy atom. The Hall–Kier alpha value is -0.510. The van der Waals surface area contributed by atoms with Crippen LogP contribution in [0.5, 0.6) is 0 Å². The summed E-state index contributed by atoms with van der Waals surface area (Å²) < 4.78 is 5.18. The summed E-state index contributed by atoms with van der Waals surface area (Å²) in [7, 11) is 0. The van der Waals surface area contributed by atoms with Gasteiger partial charge in [0.25, 0.3) is 0 Å². The second-order valence-electron chi connectivity index (χ2n) is 4.52. The summed E-state index contributed by atoms with van der Waals surface area (Å²) >= 11 is 1.92. The molecule has 3 heteroatoms. The SMILES string of the molecule is CCCNC(C)c1ccc(SC2COC2)cc1. The van der Waals surface area contributed by atoms with Gasteiger partial charge in [-0.05, 0) is 37.6 Å². The molecule has 2 nitrogen and oxygen atoms in total. The average molecular weight is 251 g/mol. The Bertz CT molecular complexity index is 335. The van der Waals surface area contributed by atoms with Crippen LogP contribution in [0.15, 0.2) is 29.2 Å². The summed E-state index contributed by atoms with van der Waals surface area (Å²) in [6.07, 6.45) is 1.18. The molecule has 0 radical (unpaired) electrons. The molecule has 0 amide bonds. The van der Waals surface area contributed by atoms with Crippen LogP contribution in [0.3, 0.4) is 0 Å². The van der Waals surface area contributed by atoms with Crippen LogP contribution in [0, 0.1) is 0 Å². The fourth-order valence-corrected chi connectivity index (χ4v) is 2.79. The van der Waals surface area contributed by atoms with Crippen molar-refractivity contribution in [1.29, 1.82) is 0 Å². The molecular weight excluding hydrogens is 230 g/mol. The van der Waals surface area contributed by atoms with Crippen molar-refractivity contribution in [2.24, 2.45) is 0 Å². The van der Waals surface area contributed by atoms with Gasteiger partial charge in [0, 0.05) is 10.9 Å². The van der Waals surface area contributed by atoms with Crippen molar-refractivity contribution >= 4 is 11.8 Å². The predicted octanol–water partition coefficient (Wildman–Crippen LogP) is 3.24. The van der Waals surface area contributed by atoms with Crippen LogP contribution >= 0.6 is 11.8 Å². The van der Waals surface area contributed by atoms with Gasteiger partial charge in [-0.2, -0.15) is 0 Å². The lowest BCUT2D eigenvalue weighted by atomic mass is 10.1. The molecule has 94 valence electrons. The van der Waals surface area contributed by atoms with Gasteiger partial charge in [-0.15, -0.1) is 11.8 Å². The lowest BCUT2D eigenvalue weighted by Gasteiger charge is -2.25. The van der Waals surface area contributed by atoms with Crippen molar-refractivity contribution in [1.82, 2.24) is 5.32 Å². The molecule has 2 rings (SSSR count). The Morgan fingerprint density at radius 2 is 2.06 bits per heavy atom. The third-order valence-corrected chi connectivity index (χ3v) is 4.14. The van der Waals surface area contributed by atoms with E-state index in [0.717, 1.165) is 19.8 Å². The van der Waals surface area contributed by atoms with E-state index in [1.807, 2.05) is 11.8 Å². The first-order chi connectivity index (χ1) is 8.29. The summed E-state index contributed by atoms with van der Waals surface area (Å²) in [5.41, 5.74) is 1.37. The van der Waals surface area contributed by atoms with Crippen LogP contribution in [0.2, 0.25) is 0 Å². The van der Waals surface area contributed by atoms with Crippen molar-refractivity contribution in [3.8, 4) is 0 Å². The highest BCUT2D eigenvalue weighted by Gasteiger charge is 2.19. The minimum Gasteiger partial charge on any atom is -0.379 e. The van der Waals surface area contributed by atoms with E-state index >= 15 is 0 Å². The van der Waals surface area contributed by atoms with Crippen molar-refractivity contribution in [3.05, 3.63) is 29.8 Å². The molecule has 1 aromatic rings. The largest absolute Gasteiger partial charge is 0.379 e. The molecule has 0 aromatic heterocycles. The summed E-state index contributed by atoms with van der Waals surface area (Å²) in [6.45, 7) is 7.30. The molecular formula is C14H21NOS. The van der Waals surface area contributed by atoms with Crippen LogP contribution in [0.25, 0.3) is 0 Å². The Kier molecular flexibility index (Phi) is 4.89. The highest BCUT2D eigenvalue weighted by atomic mass is 32.2. The van der Waals surface area contributed by atoms with Gasteiger partial charge in [0.15, 0.2) is 0 Å². The number of benzene rings is 1. The van der Waals surface area contributed by atoms with Gasteiger partial charge in [0.1, 0.15) is 0 Å². The molecule has 0 aliphatic carbocycles. The van der Waals surface area contributed by atoms with E-state index in [-0.39, 0.29) is 0 Å². The second-order valence-corrected chi connectivity index (χ2v) is 5.90. The normalized spacial score (nSPS) is 17.8. The smallest absolute Gasteiger partial charge is 0.0611 e. The molecule has 1 fully saturated rings. The molecule has 1 unspecified atom stereocenters. The van der Waals surface area contributed by atoms with Crippen molar-refractivity contribution in [2.75, 3.05) is 19.8 Å². The molecule has 1 atom stereocenters. The van der Waals surface area contributed by atoms with E-state index < -0.39 is 0 Å². The van der Waals surface area contributed by atoms with Gasteiger partial charge in [0.2, 0.25) is 0 Å². The molecule has 1 N–H and O–H groups in total. The zero-order chi connectivity index (χ0) is 12.1. The maximum absolute atomic E-state index is 5.18. The number of hydrogen-bond acceptors (Lipinski definition) is 3. The lowest BCUT2D eigenvalue weighted by Crippen LogP contribution is -2.30. The molecule has 1 saturated heterocycles. The molecule has 1 aliphatic rings. The second kappa shape index (κ2) is 6.43. The van der Waals surface area contributed by atoms with Gasteiger partial charge >= 0.3 is 0 Å².